The van der Waals surface area contributed by atoms with Gasteiger partial charge in [0.15, 0.2) is 5.82 Å². The Morgan fingerprint density at radius 2 is 2.04 bits per heavy atom. The van der Waals surface area contributed by atoms with Gasteiger partial charge in [0.1, 0.15) is 6.04 Å². The third-order valence-corrected chi connectivity index (χ3v) is 6.30. The van der Waals surface area contributed by atoms with Crippen molar-refractivity contribution < 1.29 is 9.32 Å². The largest absolute Gasteiger partial charge is 0.337 e. The lowest BCUT2D eigenvalue weighted by molar-refractivity contribution is -0.139. The summed E-state index contributed by atoms with van der Waals surface area (Å²) in [4.78, 5) is 19.0. The normalized spacial score (nSPS) is 26.8. The average Bonchev–Trinajstić information content (AvgIpc) is 3.16. The molecule has 6 nitrogen and oxygen atoms in total. The van der Waals surface area contributed by atoms with Crippen molar-refractivity contribution in [3.8, 4) is 0 Å². The Morgan fingerprint density at radius 3 is 2.70 bits per heavy atom. The Kier molecular flexibility index (Phi) is 4.90. The first kappa shape index (κ1) is 17.0. The first-order valence-corrected chi connectivity index (χ1v) is 9.34. The molecule has 1 saturated heterocycles. The number of carbonyl (C=O) groups excluding carboxylic acids is 1. The van der Waals surface area contributed by atoms with E-state index in [1.165, 1.54) is 6.42 Å². The van der Waals surface area contributed by atoms with Gasteiger partial charge in [-0.05, 0) is 25.7 Å². The van der Waals surface area contributed by atoms with Crippen molar-refractivity contribution in [1.29, 1.82) is 0 Å². The monoisotopic (exact) mass is 358 g/mol. The van der Waals surface area contributed by atoms with E-state index in [0.29, 0.717) is 11.7 Å². The predicted octanol–water partition coefficient (Wildman–Crippen LogP) is 2.59. The minimum atomic E-state index is -0.434. The second-order valence-electron chi connectivity index (χ2n) is 6.77. The SMILES string of the molecule is Cl.NC1(c2noc(C3CSCN3C(=O)C3CCC3)n2)CCCC1. The Bertz CT molecular complexity index is 572. The Hall–Kier alpha value is -0.790. The van der Waals surface area contributed by atoms with E-state index in [4.69, 9.17) is 10.3 Å². The third kappa shape index (κ3) is 2.98. The van der Waals surface area contributed by atoms with E-state index in [-0.39, 0.29) is 30.3 Å². The molecule has 1 unspecified atom stereocenters. The summed E-state index contributed by atoms with van der Waals surface area (Å²) in [6, 6.07) is -0.0793. The fraction of sp³-hybridized carbons (Fsp3) is 0.800. The second-order valence-corrected chi connectivity index (χ2v) is 7.77. The van der Waals surface area contributed by atoms with Crippen LogP contribution in [0.3, 0.4) is 0 Å². The van der Waals surface area contributed by atoms with Crippen LogP contribution in [-0.4, -0.2) is 32.6 Å². The molecule has 8 heteroatoms. The number of hydrogen-bond donors (Lipinski definition) is 1. The van der Waals surface area contributed by atoms with Crippen molar-refractivity contribution in [3.63, 3.8) is 0 Å². The maximum Gasteiger partial charge on any atom is 0.250 e. The van der Waals surface area contributed by atoms with Crippen LogP contribution in [0.15, 0.2) is 4.52 Å². The van der Waals surface area contributed by atoms with Crippen molar-refractivity contribution in [1.82, 2.24) is 15.0 Å². The highest BCUT2D eigenvalue weighted by molar-refractivity contribution is 7.99. The molecule has 2 N–H and O–H groups in total. The van der Waals surface area contributed by atoms with Crippen LogP contribution < -0.4 is 5.73 Å². The number of rotatable bonds is 3. The fourth-order valence-corrected chi connectivity index (χ4v) is 4.71. The first-order chi connectivity index (χ1) is 10.7. The number of carbonyl (C=O) groups is 1. The van der Waals surface area contributed by atoms with Gasteiger partial charge in [-0.1, -0.05) is 24.4 Å². The molecule has 23 heavy (non-hydrogen) atoms. The van der Waals surface area contributed by atoms with Crippen LogP contribution in [0.1, 0.15) is 62.7 Å². The van der Waals surface area contributed by atoms with Crippen LogP contribution in [-0.2, 0) is 10.3 Å². The van der Waals surface area contributed by atoms with Gasteiger partial charge < -0.3 is 15.2 Å². The van der Waals surface area contributed by atoms with E-state index in [1.54, 1.807) is 11.8 Å². The van der Waals surface area contributed by atoms with Crippen molar-refractivity contribution >= 4 is 30.1 Å². The fourth-order valence-electron chi connectivity index (χ4n) is 3.56. The molecule has 3 aliphatic rings. The Balaban J connectivity index is 0.00000156. The molecule has 1 amide bonds. The van der Waals surface area contributed by atoms with Gasteiger partial charge in [-0.2, -0.15) is 4.98 Å². The van der Waals surface area contributed by atoms with Crippen LogP contribution in [0.4, 0.5) is 0 Å². The molecule has 0 radical (unpaired) electrons. The van der Waals surface area contributed by atoms with Gasteiger partial charge in [0.25, 0.3) is 0 Å². The minimum Gasteiger partial charge on any atom is -0.337 e. The molecule has 3 fully saturated rings. The third-order valence-electron chi connectivity index (χ3n) is 5.29. The summed E-state index contributed by atoms with van der Waals surface area (Å²) >= 11 is 1.75. The number of amides is 1. The predicted molar refractivity (Wildman–Crippen MR) is 90.1 cm³/mol. The van der Waals surface area contributed by atoms with Gasteiger partial charge in [0.05, 0.1) is 11.4 Å². The summed E-state index contributed by atoms with van der Waals surface area (Å²) in [5, 5.41) is 4.13. The lowest BCUT2D eigenvalue weighted by atomic mass is 9.84. The van der Waals surface area contributed by atoms with E-state index in [9.17, 15) is 4.79 Å². The van der Waals surface area contributed by atoms with Crippen molar-refractivity contribution in [2.24, 2.45) is 11.7 Å². The zero-order valence-electron chi connectivity index (χ0n) is 13.1. The first-order valence-electron chi connectivity index (χ1n) is 8.18. The highest BCUT2D eigenvalue weighted by atomic mass is 35.5. The van der Waals surface area contributed by atoms with Crippen LogP contribution in [0, 0.1) is 5.92 Å². The van der Waals surface area contributed by atoms with E-state index in [0.717, 1.165) is 50.2 Å². The topological polar surface area (TPSA) is 85.2 Å². The second kappa shape index (κ2) is 6.61. The van der Waals surface area contributed by atoms with Crippen molar-refractivity contribution in [2.75, 3.05) is 11.6 Å². The van der Waals surface area contributed by atoms with E-state index in [1.807, 2.05) is 4.90 Å². The summed E-state index contributed by atoms with van der Waals surface area (Å²) < 4.78 is 5.49. The number of thioether (sulfide) groups is 1. The minimum absolute atomic E-state index is 0. The smallest absolute Gasteiger partial charge is 0.250 e. The summed E-state index contributed by atoms with van der Waals surface area (Å²) in [5.74, 6) is 3.20. The van der Waals surface area contributed by atoms with Gasteiger partial charge >= 0.3 is 0 Å². The quantitative estimate of drug-likeness (QED) is 0.893. The maximum absolute atomic E-state index is 12.5. The maximum atomic E-state index is 12.5. The number of halogens is 1. The Morgan fingerprint density at radius 1 is 1.30 bits per heavy atom. The molecule has 1 aliphatic heterocycles. The lowest BCUT2D eigenvalue weighted by Gasteiger charge is -2.30. The molecule has 2 aliphatic carbocycles. The van der Waals surface area contributed by atoms with E-state index >= 15 is 0 Å². The van der Waals surface area contributed by atoms with Crippen LogP contribution in [0.25, 0.3) is 0 Å². The number of hydrogen-bond acceptors (Lipinski definition) is 6. The molecule has 1 atom stereocenters. The molecule has 2 saturated carbocycles. The van der Waals surface area contributed by atoms with Crippen LogP contribution in [0.2, 0.25) is 0 Å². The van der Waals surface area contributed by atoms with Gasteiger partial charge in [0, 0.05) is 11.7 Å². The standard InChI is InChI=1S/C15H22N4O2S.ClH/c16-15(6-1-2-7-15)14-17-12(21-18-14)11-8-22-9-19(11)13(20)10-4-3-5-10;/h10-11H,1-9,16H2;1H. The summed E-state index contributed by atoms with van der Waals surface area (Å²) in [5.41, 5.74) is 5.96. The van der Waals surface area contributed by atoms with Gasteiger partial charge in [-0.3, -0.25) is 4.79 Å². The molecule has 2 heterocycles. The summed E-state index contributed by atoms with van der Waals surface area (Å²) in [7, 11) is 0. The molecule has 0 bridgehead atoms. The lowest BCUT2D eigenvalue weighted by Crippen LogP contribution is -2.39. The number of aromatic nitrogens is 2. The average molecular weight is 359 g/mol. The molecule has 1 aromatic rings. The van der Waals surface area contributed by atoms with Crippen molar-refractivity contribution in [2.45, 2.75) is 56.5 Å². The highest BCUT2D eigenvalue weighted by Crippen LogP contribution is 2.39. The zero-order chi connectivity index (χ0) is 15.2. The van der Waals surface area contributed by atoms with E-state index in [2.05, 4.69) is 10.1 Å². The van der Waals surface area contributed by atoms with Crippen LogP contribution in [0.5, 0.6) is 0 Å². The molecular formula is C15H23ClN4O2S. The van der Waals surface area contributed by atoms with Crippen LogP contribution >= 0.6 is 24.2 Å². The highest BCUT2D eigenvalue weighted by Gasteiger charge is 2.41. The van der Waals surface area contributed by atoms with Gasteiger partial charge in [-0.15, -0.1) is 24.2 Å². The molecule has 0 spiro atoms. The van der Waals surface area contributed by atoms with E-state index < -0.39 is 5.54 Å². The van der Waals surface area contributed by atoms with Gasteiger partial charge in [-0.25, -0.2) is 0 Å². The molecule has 1 aromatic heterocycles. The summed E-state index contributed by atoms with van der Waals surface area (Å²) in [6.45, 7) is 0. The number of nitrogens with two attached hydrogens (primary N) is 1. The zero-order valence-corrected chi connectivity index (χ0v) is 14.7. The number of nitrogens with zero attached hydrogens (tertiary/aromatic N) is 3. The molecule has 4 rings (SSSR count). The van der Waals surface area contributed by atoms with Gasteiger partial charge in [0.2, 0.25) is 11.8 Å². The molecule has 0 aromatic carbocycles. The Labute approximate surface area is 146 Å². The summed E-state index contributed by atoms with van der Waals surface area (Å²) in [6.07, 6.45) is 7.27. The van der Waals surface area contributed by atoms with Crippen molar-refractivity contribution in [3.05, 3.63) is 11.7 Å². The molecular weight excluding hydrogens is 336 g/mol. The molecule has 128 valence electrons.